The molecule has 0 spiro atoms. The van der Waals surface area contributed by atoms with Crippen molar-refractivity contribution < 1.29 is 5.11 Å². The predicted octanol–water partition coefficient (Wildman–Crippen LogP) is 1.29. The van der Waals surface area contributed by atoms with Gasteiger partial charge < -0.3 is 10.4 Å². The van der Waals surface area contributed by atoms with Gasteiger partial charge in [-0.15, -0.1) is 24.8 Å². The van der Waals surface area contributed by atoms with Crippen LogP contribution in [0.3, 0.4) is 0 Å². The zero-order valence-corrected chi connectivity index (χ0v) is 11.4. The highest BCUT2D eigenvalue weighted by Gasteiger charge is 2.26. The van der Waals surface area contributed by atoms with Crippen LogP contribution in [-0.2, 0) is 0 Å². The van der Waals surface area contributed by atoms with E-state index in [0.717, 1.165) is 5.92 Å². The van der Waals surface area contributed by atoms with E-state index in [1.165, 1.54) is 51.9 Å². The molecule has 2 fully saturated rings. The minimum Gasteiger partial charge on any atom is -0.395 e. The second-order valence-corrected chi connectivity index (χ2v) is 4.67. The topological polar surface area (TPSA) is 35.5 Å². The molecule has 0 amide bonds. The SMILES string of the molecule is Cl.Cl.OC[C@@H]1CCCN1CC1CCNCC1. The van der Waals surface area contributed by atoms with Crippen molar-refractivity contribution in [2.24, 2.45) is 5.92 Å². The van der Waals surface area contributed by atoms with E-state index in [1.807, 2.05) is 0 Å². The van der Waals surface area contributed by atoms with Crippen LogP contribution in [0.2, 0.25) is 0 Å². The minimum absolute atomic E-state index is 0. The first-order valence-corrected chi connectivity index (χ1v) is 5.96. The molecule has 2 aliphatic rings. The molecular formula is C11H24Cl2N2O. The molecule has 0 saturated carbocycles. The second kappa shape index (κ2) is 8.54. The molecule has 0 bridgehead atoms. The first-order chi connectivity index (χ1) is 6.90. The van der Waals surface area contributed by atoms with E-state index in [-0.39, 0.29) is 24.8 Å². The molecule has 2 N–H and O–H groups in total. The molecule has 2 aliphatic heterocycles. The summed E-state index contributed by atoms with van der Waals surface area (Å²) in [4.78, 5) is 2.50. The first-order valence-electron chi connectivity index (χ1n) is 5.96. The van der Waals surface area contributed by atoms with Gasteiger partial charge in [0.25, 0.3) is 0 Å². The Morgan fingerprint density at radius 1 is 1.12 bits per heavy atom. The smallest absolute Gasteiger partial charge is 0.0586 e. The third kappa shape index (κ3) is 4.38. The van der Waals surface area contributed by atoms with E-state index in [0.29, 0.717) is 12.6 Å². The van der Waals surface area contributed by atoms with E-state index in [1.54, 1.807) is 0 Å². The molecule has 0 unspecified atom stereocenters. The normalized spacial score (nSPS) is 27.2. The summed E-state index contributed by atoms with van der Waals surface area (Å²) < 4.78 is 0. The molecule has 0 aromatic heterocycles. The molecule has 98 valence electrons. The molecule has 2 saturated heterocycles. The van der Waals surface area contributed by atoms with Crippen LogP contribution in [-0.4, -0.2) is 48.8 Å². The monoisotopic (exact) mass is 270 g/mol. The van der Waals surface area contributed by atoms with Crippen molar-refractivity contribution in [1.82, 2.24) is 10.2 Å². The van der Waals surface area contributed by atoms with E-state index in [9.17, 15) is 5.11 Å². The van der Waals surface area contributed by atoms with Gasteiger partial charge in [-0.1, -0.05) is 0 Å². The van der Waals surface area contributed by atoms with Gasteiger partial charge in [0.15, 0.2) is 0 Å². The van der Waals surface area contributed by atoms with Crippen LogP contribution >= 0.6 is 24.8 Å². The van der Waals surface area contributed by atoms with Crippen molar-refractivity contribution >= 4 is 24.8 Å². The van der Waals surface area contributed by atoms with Gasteiger partial charge in [0, 0.05) is 12.6 Å². The molecule has 0 aliphatic carbocycles. The van der Waals surface area contributed by atoms with E-state index in [2.05, 4.69) is 10.2 Å². The number of hydrogen-bond donors (Lipinski definition) is 2. The lowest BCUT2D eigenvalue weighted by Gasteiger charge is -2.30. The average Bonchev–Trinajstić information content (AvgIpc) is 2.67. The van der Waals surface area contributed by atoms with Gasteiger partial charge in [0.05, 0.1) is 6.61 Å². The quantitative estimate of drug-likeness (QED) is 0.812. The Morgan fingerprint density at radius 2 is 1.81 bits per heavy atom. The molecule has 0 aromatic rings. The van der Waals surface area contributed by atoms with Gasteiger partial charge in [0.1, 0.15) is 0 Å². The highest BCUT2D eigenvalue weighted by atomic mass is 35.5. The molecule has 3 nitrogen and oxygen atoms in total. The molecule has 2 rings (SSSR count). The minimum atomic E-state index is 0. The summed E-state index contributed by atoms with van der Waals surface area (Å²) in [5.41, 5.74) is 0. The largest absolute Gasteiger partial charge is 0.395 e. The van der Waals surface area contributed by atoms with Crippen LogP contribution in [0, 0.1) is 5.92 Å². The molecule has 16 heavy (non-hydrogen) atoms. The fourth-order valence-electron chi connectivity index (χ4n) is 2.74. The molecule has 1 atom stereocenters. The lowest BCUT2D eigenvalue weighted by Crippen LogP contribution is -2.39. The maximum Gasteiger partial charge on any atom is 0.0586 e. The number of hydrogen-bond acceptors (Lipinski definition) is 3. The Kier molecular flexibility index (Phi) is 8.78. The van der Waals surface area contributed by atoms with Crippen LogP contribution in [0.5, 0.6) is 0 Å². The van der Waals surface area contributed by atoms with Crippen molar-refractivity contribution in [3.8, 4) is 0 Å². The number of piperidine rings is 1. The summed E-state index contributed by atoms with van der Waals surface area (Å²) >= 11 is 0. The predicted molar refractivity (Wildman–Crippen MR) is 71.8 cm³/mol. The fourth-order valence-corrected chi connectivity index (χ4v) is 2.74. The van der Waals surface area contributed by atoms with Gasteiger partial charge in [-0.3, -0.25) is 4.90 Å². The molecular weight excluding hydrogens is 247 g/mol. The van der Waals surface area contributed by atoms with Gasteiger partial charge >= 0.3 is 0 Å². The third-order valence-corrected chi connectivity index (χ3v) is 3.66. The first kappa shape index (κ1) is 16.5. The molecule has 0 aromatic carbocycles. The van der Waals surface area contributed by atoms with E-state index in [4.69, 9.17) is 0 Å². The molecule has 5 heteroatoms. The van der Waals surface area contributed by atoms with Crippen LogP contribution in [0.1, 0.15) is 25.7 Å². The number of aliphatic hydroxyl groups excluding tert-OH is 1. The number of rotatable bonds is 3. The Labute approximate surface area is 111 Å². The fraction of sp³-hybridized carbons (Fsp3) is 1.00. The number of nitrogens with one attached hydrogen (secondary N) is 1. The Bertz CT molecular complexity index is 177. The van der Waals surface area contributed by atoms with Crippen molar-refractivity contribution in [2.75, 3.05) is 32.8 Å². The standard InChI is InChI=1S/C11H22N2O.2ClH/c14-9-11-2-1-7-13(11)8-10-3-5-12-6-4-10;;/h10-12,14H,1-9H2;2*1H/t11-;;/m0../s1. The lowest BCUT2D eigenvalue weighted by atomic mass is 9.97. The van der Waals surface area contributed by atoms with Crippen LogP contribution in [0.4, 0.5) is 0 Å². The maximum atomic E-state index is 9.21. The van der Waals surface area contributed by atoms with Crippen molar-refractivity contribution in [3.05, 3.63) is 0 Å². The molecule has 2 heterocycles. The van der Waals surface area contributed by atoms with Crippen molar-refractivity contribution in [1.29, 1.82) is 0 Å². The maximum absolute atomic E-state index is 9.21. The highest BCUT2D eigenvalue weighted by molar-refractivity contribution is 5.85. The highest BCUT2D eigenvalue weighted by Crippen LogP contribution is 2.21. The Hall–Kier alpha value is 0.460. The zero-order valence-electron chi connectivity index (χ0n) is 9.73. The summed E-state index contributed by atoms with van der Waals surface area (Å²) in [6.07, 6.45) is 5.10. The number of halogens is 2. The van der Waals surface area contributed by atoms with E-state index < -0.39 is 0 Å². The van der Waals surface area contributed by atoms with Gasteiger partial charge in [-0.2, -0.15) is 0 Å². The van der Waals surface area contributed by atoms with Crippen LogP contribution < -0.4 is 5.32 Å². The average molecular weight is 271 g/mol. The summed E-state index contributed by atoms with van der Waals surface area (Å²) in [6.45, 7) is 5.14. The van der Waals surface area contributed by atoms with Gasteiger partial charge in [-0.25, -0.2) is 0 Å². The van der Waals surface area contributed by atoms with Crippen molar-refractivity contribution in [3.63, 3.8) is 0 Å². The summed E-state index contributed by atoms with van der Waals surface area (Å²) in [5.74, 6) is 0.864. The van der Waals surface area contributed by atoms with Crippen LogP contribution in [0.15, 0.2) is 0 Å². The summed E-state index contributed by atoms with van der Waals surface area (Å²) in [5, 5.41) is 12.6. The lowest BCUT2D eigenvalue weighted by molar-refractivity contribution is 0.133. The Balaban J connectivity index is 0.00000112. The number of nitrogens with zero attached hydrogens (tertiary/aromatic N) is 1. The van der Waals surface area contributed by atoms with Crippen molar-refractivity contribution in [2.45, 2.75) is 31.7 Å². The molecule has 0 radical (unpaired) electrons. The van der Waals surface area contributed by atoms with Crippen LogP contribution in [0.25, 0.3) is 0 Å². The van der Waals surface area contributed by atoms with Gasteiger partial charge in [-0.05, 0) is 51.2 Å². The van der Waals surface area contributed by atoms with E-state index >= 15 is 0 Å². The second-order valence-electron chi connectivity index (χ2n) is 4.67. The number of aliphatic hydroxyl groups is 1. The zero-order chi connectivity index (χ0) is 9.80. The summed E-state index contributed by atoms with van der Waals surface area (Å²) in [6, 6.07) is 0.463. The third-order valence-electron chi connectivity index (χ3n) is 3.66. The number of likely N-dealkylation sites (tertiary alicyclic amines) is 1. The van der Waals surface area contributed by atoms with Gasteiger partial charge in [0.2, 0.25) is 0 Å². The Morgan fingerprint density at radius 3 is 2.44 bits per heavy atom. The summed E-state index contributed by atoms with van der Waals surface area (Å²) in [7, 11) is 0.